The molecule has 0 fully saturated rings. The number of nitrogens with two attached hydrogens (primary N) is 1. The fourth-order valence-electron chi connectivity index (χ4n) is 2.66. The van der Waals surface area contributed by atoms with Crippen LogP contribution in [0.15, 0.2) is 46.2 Å². The van der Waals surface area contributed by atoms with Crippen molar-refractivity contribution in [2.45, 2.75) is 44.1 Å². The number of nitrogens with zero attached hydrogens (tertiary/aromatic N) is 3. The number of carbonyl (C=O) groups excluding carboxylic acids is 1. The average Bonchev–Trinajstić information content (AvgIpc) is 3.24. The van der Waals surface area contributed by atoms with Crippen molar-refractivity contribution in [3.63, 3.8) is 0 Å². The lowest BCUT2D eigenvalue weighted by atomic mass is 10.1. The molecule has 0 bridgehead atoms. The summed E-state index contributed by atoms with van der Waals surface area (Å²) in [6.45, 7) is 4.74. The summed E-state index contributed by atoms with van der Waals surface area (Å²) < 4.78 is 7.46. The third-order valence-corrected chi connectivity index (χ3v) is 5.16. The van der Waals surface area contributed by atoms with Crippen LogP contribution in [-0.2, 0) is 23.5 Å². The number of hydrogen-bond donors (Lipinski definition) is 1. The van der Waals surface area contributed by atoms with E-state index in [9.17, 15) is 4.79 Å². The molecule has 2 aromatic heterocycles. The summed E-state index contributed by atoms with van der Waals surface area (Å²) in [6, 6.07) is 10.2. The maximum absolute atomic E-state index is 11.1. The summed E-state index contributed by atoms with van der Waals surface area (Å²) in [5.74, 6) is 2.02. The van der Waals surface area contributed by atoms with E-state index in [2.05, 4.69) is 42.2 Å². The monoisotopic (exact) mass is 370 g/mol. The average molecular weight is 370 g/mol. The van der Waals surface area contributed by atoms with Crippen molar-refractivity contribution in [3.8, 4) is 0 Å². The Labute approximate surface area is 156 Å². The van der Waals surface area contributed by atoms with Gasteiger partial charge in [-0.3, -0.25) is 9.36 Å². The van der Waals surface area contributed by atoms with E-state index in [1.54, 1.807) is 18.0 Å². The number of thioether (sulfide) groups is 1. The van der Waals surface area contributed by atoms with Gasteiger partial charge in [-0.05, 0) is 37.1 Å². The highest BCUT2D eigenvalue weighted by Crippen LogP contribution is 2.25. The molecule has 0 atom stereocenters. The van der Waals surface area contributed by atoms with E-state index in [-0.39, 0.29) is 12.3 Å². The molecule has 1 amide bonds. The first-order chi connectivity index (χ1) is 12.5. The molecule has 6 nitrogen and oxygen atoms in total. The highest BCUT2D eigenvalue weighted by molar-refractivity contribution is 7.98. The number of primary amides is 1. The van der Waals surface area contributed by atoms with Gasteiger partial charge in [-0.15, -0.1) is 10.2 Å². The standard InChI is InChI=1S/C19H22N4O2S/c1-13-5-6-14(2)15(10-13)12-26-19-22-21-18(8-7-17(20)24)23(19)11-16-4-3-9-25-16/h3-6,9-10H,7-8,11-12H2,1-2H3,(H2,20,24). The van der Waals surface area contributed by atoms with E-state index in [0.29, 0.717) is 13.0 Å². The van der Waals surface area contributed by atoms with Crippen molar-refractivity contribution in [1.29, 1.82) is 0 Å². The van der Waals surface area contributed by atoms with Crippen LogP contribution in [0, 0.1) is 13.8 Å². The van der Waals surface area contributed by atoms with Crippen LogP contribution < -0.4 is 5.73 Å². The van der Waals surface area contributed by atoms with Gasteiger partial charge in [0.15, 0.2) is 5.16 Å². The Balaban J connectivity index is 1.80. The van der Waals surface area contributed by atoms with Gasteiger partial charge in [0.05, 0.1) is 12.8 Å². The number of aryl methyl sites for hydroxylation is 3. The third kappa shape index (κ3) is 4.54. The molecule has 1 aromatic carbocycles. The zero-order chi connectivity index (χ0) is 18.5. The molecule has 2 N–H and O–H groups in total. The Kier molecular flexibility index (Phi) is 5.78. The zero-order valence-electron chi connectivity index (χ0n) is 14.9. The Bertz CT molecular complexity index is 887. The minimum absolute atomic E-state index is 0.248. The number of aromatic nitrogens is 3. The molecule has 3 aromatic rings. The lowest BCUT2D eigenvalue weighted by Crippen LogP contribution is -2.14. The largest absolute Gasteiger partial charge is 0.467 e. The van der Waals surface area contributed by atoms with E-state index >= 15 is 0 Å². The van der Waals surface area contributed by atoms with Gasteiger partial charge in [0, 0.05) is 18.6 Å². The van der Waals surface area contributed by atoms with E-state index < -0.39 is 0 Å². The number of amides is 1. The molecule has 136 valence electrons. The molecule has 7 heteroatoms. The van der Waals surface area contributed by atoms with Crippen LogP contribution in [0.4, 0.5) is 0 Å². The first kappa shape index (κ1) is 18.3. The van der Waals surface area contributed by atoms with E-state index in [1.165, 1.54) is 16.7 Å². The topological polar surface area (TPSA) is 86.9 Å². The molecule has 0 unspecified atom stereocenters. The first-order valence-corrected chi connectivity index (χ1v) is 9.43. The van der Waals surface area contributed by atoms with Crippen LogP contribution in [0.3, 0.4) is 0 Å². The van der Waals surface area contributed by atoms with Crippen molar-refractivity contribution >= 4 is 17.7 Å². The molecule has 3 rings (SSSR count). The van der Waals surface area contributed by atoms with Gasteiger partial charge in [0.1, 0.15) is 11.6 Å². The summed E-state index contributed by atoms with van der Waals surface area (Å²) in [4.78, 5) is 11.1. The zero-order valence-corrected chi connectivity index (χ0v) is 15.8. The SMILES string of the molecule is Cc1ccc(C)c(CSc2nnc(CCC(N)=O)n2Cc2ccco2)c1. The quantitative estimate of drug-likeness (QED) is 0.615. The van der Waals surface area contributed by atoms with Crippen molar-refractivity contribution < 1.29 is 9.21 Å². The summed E-state index contributed by atoms with van der Waals surface area (Å²) in [5, 5.41) is 9.39. The van der Waals surface area contributed by atoms with Crippen molar-refractivity contribution in [2.24, 2.45) is 5.73 Å². The van der Waals surface area contributed by atoms with Crippen LogP contribution >= 0.6 is 11.8 Å². The Morgan fingerprint density at radius 3 is 2.85 bits per heavy atom. The number of carbonyl (C=O) groups is 1. The maximum Gasteiger partial charge on any atom is 0.217 e. The summed E-state index contributed by atoms with van der Waals surface area (Å²) in [6.07, 6.45) is 2.36. The molecular weight excluding hydrogens is 348 g/mol. The van der Waals surface area contributed by atoms with Gasteiger partial charge in [-0.25, -0.2) is 0 Å². The predicted octanol–water partition coefficient (Wildman–Crippen LogP) is 3.25. The van der Waals surface area contributed by atoms with Crippen molar-refractivity contribution in [3.05, 3.63) is 64.9 Å². The third-order valence-electron chi connectivity index (χ3n) is 4.14. The summed E-state index contributed by atoms with van der Waals surface area (Å²) in [5.41, 5.74) is 9.06. The fourth-order valence-corrected chi connectivity index (χ4v) is 3.68. The predicted molar refractivity (Wildman–Crippen MR) is 101 cm³/mol. The van der Waals surface area contributed by atoms with Gasteiger partial charge in [-0.2, -0.15) is 0 Å². The number of benzene rings is 1. The normalized spacial score (nSPS) is 11.0. The van der Waals surface area contributed by atoms with Gasteiger partial charge in [0.25, 0.3) is 0 Å². The molecule has 0 aliphatic heterocycles. The minimum atomic E-state index is -0.345. The smallest absolute Gasteiger partial charge is 0.217 e. The second kappa shape index (κ2) is 8.23. The Hall–Kier alpha value is -2.54. The molecule has 0 radical (unpaired) electrons. The van der Waals surface area contributed by atoms with Crippen LogP contribution in [-0.4, -0.2) is 20.7 Å². The van der Waals surface area contributed by atoms with Crippen molar-refractivity contribution in [2.75, 3.05) is 0 Å². The maximum atomic E-state index is 11.1. The Morgan fingerprint density at radius 2 is 2.12 bits per heavy atom. The van der Waals surface area contributed by atoms with Crippen LogP contribution in [0.1, 0.15) is 34.7 Å². The molecule has 0 aliphatic rings. The summed E-state index contributed by atoms with van der Waals surface area (Å²) >= 11 is 1.63. The number of hydrogen-bond acceptors (Lipinski definition) is 5. The second-order valence-corrected chi connectivity index (χ2v) is 7.19. The fraction of sp³-hybridized carbons (Fsp3) is 0.316. The van der Waals surface area contributed by atoms with E-state index in [0.717, 1.165) is 22.5 Å². The molecule has 0 saturated heterocycles. The second-order valence-electron chi connectivity index (χ2n) is 6.25. The lowest BCUT2D eigenvalue weighted by molar-refractivity contribution is -0.118. The highest BCUT2D eigenvalue weighted by Gasteiger charge is 2.15. The summed E-state index contributed by atoms with van der Waals surface area (Å²) in [7, 11) is 0. The van der Waals surface area contributed by atoms with Crippen LogP contribution in [0.5, 0.6) is 0 Å². The number of furan rings is 1. The Morgan fingerprint density at radius 1 is 1.27 bits per heavy atom. The highest BCUT2D eigenvalue weighted by atomic mass is 32.2. The van der Waals surface area contributed by atoms with Gasteiger partial charge >= 0.3 is 0 Å². The van der Waals surface area contributed by atoms with Gasteiger partial charge < -0.3 is 10.2 Å². The molecule has 0 aliphatic carbocycles. The van der Waals surface area contributed by atoms with Crippen molar-refractivity contribution in [1.82, 2.24) is 14.8 Å². The lowest BCUT2D eigenvalue weighted by Gasteiger charge is -2.10. The van der Waals surface area contributed by atoms with E-state index in [1.807, 2.05) is 16.7 Å². The van der Waals surface area contributed by atoms with Crippen LogP contribution in [0.2, 0.25) is 0 Å². The van der Waals surface area contributed by atoms with Crippen LogP contribution in [0.25, 0.3) is 0 Å². The van der Waals surface area contributed by atoms with Gasteiger partial charge in [-0.1, -0.05) is 35.5 Å². The first-order valence-electron chi connectivity index (χ1n) is 8.44. The molecule has 26 heavy (non-hydrogen) atoms. The van der Waals surface area contributed by atoms with Gasteiger partial charge in [0.2, 0.25) is 5.91 Å². The molecule has 2 heterocycles. The number of rotatable bonds is 8. The molecule has 0 spiro atoms. The molecular formula is C19H22N4O2S. The van der Waals surface area contributed by atoms with E-state index in [4.69, 9.17) is 10.2 Å². The molecule has 0 saturated carbocycles. The minimum Gasteiger partial charge on any atom is -0.467 e.